The van der Waals surface area contributed by atoms with Gasteiger partial charge in [0.1, 0.15) is 23.7 Å². The minimum Gasteiger partial charge on any atom is -0.497 e. The molecule has 7 heteroatoms. The Kier molecular flexibility index (Phi) is 2.92. The third-order valence-corrected chi connectivity index (χ3v) is 3.28. The molecule has 0 saturated carbocycles. The Balaban J connectivity index is 2.46. The summed E-state index contributed by atoms with van der Waals surface area (Å²) >= 11 is 0. The number of fused-ring (bicyclic) bond motifs is 1. The van der Waals surface area contributed by atoms with Crippen molar-refractivity contribution in [1.29, 1.82) is 5.26 Å². The van der Waals surface area contributed by atoms with Crippen molar-refractivity contribution in [3.63, 3.8) is 0 Å². The van der Waals surface area contributed by atoms with E-state index in [-0.39, 0.29) is 5.56 Å². The smallest absolute Gasteiger partial charge is 0.273 e. The normalized spacial score (nSPS) is 10.5. The third-order valence-electron chi connectivity index (χ3n) is 3.28. The van der Waals surface area contributed by atoms with Crippen LogP contribution in [-0.4, -0.2) is 26.3 Å². The van der Waals surface area contributed by atoms with E-state index in [0.717, 1.165) is 0 Å². The molecular formula is C14H11N5O2. The van der Waals surface area contributed by atoms with Crippen molar-refractivity contribution in [1.82, 2.24) is 19.2 Å². The van der Waals surface area contributed by atoms with E-state index in [1.165, 1.54) is 10.9 Å². The van der Waals surface area contributed by atoms with Gasteiger partial charge in [-0.2, -0.15) is 5.26 Å². The van der Waals surface area contributed by atoms with Crippen LogP contribution in [0.4, 0.5) is 0 Å². The number of rotatable bonds is 2. The molecule has 0 bridgehead atoms. The van der Waals surface area contributed by atoms with E-state index < -0.39 is 5.56 Å². The van der Waals surface area contributed by atoms with Gasteiger partial charge in [-0.3, -0.25) is 13.8 Å². The fraction of sp³-hybridized carbons (Fsp3) is 0.143. The zero-order chi connectivity index (χ0) is 15.0. The molecule has 0 N–H and O–H groups in total. The zero-order valence-electron chi connectivity index (χ0n) is 11.4. The summed E-state index contributed by atoms with van der Waals surface area (Å²) in [5.74, 6) is 1.01. The lowest BCUT2D eigenvalue weighted by Crippen LogP contribution is -2.24. The first-order valence-corrected chi connectivity index (χ1v) is 6.14. The second kappa shape index (κ2) is 4.76. The van der Waals surface area contributed by atoms with Crippen molar-refractivity contribution < 1.29 is 4.74 Å². The van der Waals surface area contributed by atoms with Crippen LogP contribution >= 0.6 is 0 Å². The number of nitriles is 1. The van der Waals surface area contributed by atoms with E-state index in [1.54, 1.807) is 42.8 Å². The van der Waals surface area contributed by atoms with Crippen molar-refractivity contribution in [2.75, 3.05) is 7.11 Å². The standard InChI is InChI=1S/C14H11N5O2/c1-18-13(20)11(7-15)12(19-8-16-17-14(18)19)9-4-3-5-10(6-9)21-2/h3-6,8H,1-2H3. The maximum absolute atomic E-state index is 12.3. The quantitative estimate of drug-likeness (QED) is 0.699. The summed E-state index contributed by atoms with van der Waals surface area (Å²) in [7, 11) is 3.12. The Labute approximate surface area is 119 Å². The van der Waals surface area contributed by atoms with Crippen molar-refractivity contribution in [2.24, 2.45) is 7.05 Å². The summed E-state index contributed by atoms with van der Waals surface area (Å²) in [4.78, 5) is 12.3. The van der Waals surface area contributed by atoms with Crippen LogP contribution in [0.5, 0.6) is 5.75 Å². The molecular weight excluding hydrogens is 270 g/mol. The van der Waals surface area contributed by atoms with Crippen LogP contribution in [0.3, 0.4) is 0 Å². The van der Waals surface area contributed by atoms with E-state index in [4.69, 9.17) is 4.74 Å². The Morgan fingerprint density at radius 1 is 1.38 bits per heavy atom. The molecule has 1 aromatic carbocycles. The van der Waals surface area contributed by atoms with E-state index in [0.29, 0.717) is 22.8 Å². The van der Waals surface area contributed by atoms with E-state index >= 15 is 0 Å². The van der Waals surface area contributed by atoms with Gasteiger partial charge in [0, 0.05) is 12.6 Å². The fourth-order valence-corrected chi connectivity index (χ4v) is 2.25. The summed E-state index contributed by atoms with van der Waals surface area (Å²) in [6.45, 7) is 0. The first-order valence-electron chi connectivity index (χ1n) is 6.14. The second-order valence-electron chi connectivity index (χ2n) is 4.43. The number of hydrogen-bond donors (Lipinski definition) is 0. The van der Waals surface area contributed by atoms with Crippen LogP contribution < -0.4 is 10.3 Å². The lowest BCUT2D eigenvalue weighted by atomic mass is 10.1. The highest BCUT2D eigenvalue weighted by Gasteiger charge is 2.18. The molecule has 0 atom stereocenters. The van der Waals surface area contributed by atoms with E-state index in [2.05, 4.69) is 10.2 Å². The molecule has 3 aromatic rings. The topological polar surface area (TPSA) is 85.2 Å². The Bertz CT molecular complexity index is 933. The van der Waals surface area contributed by atoms with Crippen molar-refractivity contribution in [3.05, 3.63) is 46.5 Å². The first-order chi connectivity index (χ1) is 10.2. The second-order valence-corrected chi connectivity index (χ2v) is 4.43. The van der Waals surface area contributed by atoms with E-state index in [9.17, 15) is 10.1 Å². The van der Waals surface area contributed by atoms with Crippen LogP contribution in [0.2, 0.25) is 0 Å². The molecule has 104 valence electrons. The van der Waals surface area contributed by atoms with Gasteiger partial charge in [0.15, 0.2) is 0 Å². The summed E-state index contributed by atoms with van der Waals surface area (Å²) in [6, 6.07) is 9.12. The highest BCUT2D eigenvalue weighted by Crippen LogP contribution is 2.25. The molecule has 21 heavy (non-hydrogen) atoms. The predicted octanol–water partition coefficient (Wildman–Crippen LogP) is 0.975. The van der Waals surface area contributed by atoms with Gasteiger partial charge in [-0.1, -0.05) is 12.1 Å². The lowest BCUT2D eigenvalue weighted by Gasteiger charge is -2.10. The Morgan fingerprint density at radius 3 is 2.90 bits per heavy atom. The maximum Gasteiger partial charge on any atom is 0.273 e. The van der Waals surface area contributed by atoms with Crippen LogP contribution in [0.25, 0.3) is 17.0 Å². The molecule has 3 rings (SSSR count). The molecule has 2 aromatic heterocycles. The van der Waals surface area contributed by atoms with Gasteiger partial charge in [0.05, 0.1) is 12.8 Å². The fourth-order valence-electron chi connectivity index (χ4n) is 2.25. The summed E-state index contributed by atoms with van der Waals surface area (Å²) in [5, 5.41) is 17.1. The van der Waals surface area contributed by atoms with Crippen LogP contribution in [0.15, 0.2) is 35.4 Å². The molecule has 0 aliphatic rings. The average Bonchev–Trinajstić information content (AvgIpc) is 3.00. The van der Waals surface area contributed by atoms with Gasteiger partial charge in [-0.15, -0.1) is 10.2 Å². The molecule has 0 spiro atoms. The number of nitrogens with zero attached hydrogens (tertiary/aromatic N) is 5. The number of aromatic nitrogens is 4. The van der Waals surface area contributed by atoms with Gasteiger partial charge < -0.3 is 4.74 Å². The number of ether oxygens (including phenoxy) is 1. The highest BCUT2D eigenvalue weighted by atomic mass is 16.5. The van der Waals surface area contributed by atoms with Gasteiger partial charge in [-0.05, 0) is 12.1 Å². The molecule has 7 nitrogen and oxygen atoms in total. The molecule has 2 heterocycles. The monoisotopic (exact) mass is 281 g/mol. The lowest BCUT2D eigenvalue weighted by molar-refractivity contribution is 0.415. The molecule has 0 radical (unpaired) electrons. The van der Waals surface area contributed by atoms with E-state index in [1.807, 2.05) is 6.07 Å². The molecule has 0 aliphatic carbocycles. The minimum atomic E-state index is -0.407. The van der Waals surface area contributed by atoms with Gasteiger partial charge in [-0.25, -0.2) is 0 Å². The summed E-state index contributed by atoms with van der Waals surface area (Å²) in [5.41, 5.74) is 0.779. The predicted molar refractivity (Wildman–Crippen MR) is 74.9 cm³/mol. The summed E-state index contributed by atoms with van der Waals surface area (Å²) in [6.07, 6.45) is 1.48. The molecule has 0 saturated heterocycles. The summed E-state index contributed by atoms with van der Waals surface area (Å²) < 4.78 is 8.11. The van der Waals surface area contributed by atoms with Crippen molar-refractivity contribution in [3.8, 4) is 23.1 Å². The van der Waals surface area contributed by atoms with Gasteiger partial charge in [0.25, 0.3) is 5.56 Å². The SMILES string of the molecule is COc1cccc(-c2c(C#N)c(=O)n(C)c3nncn23)c1. The largest absolute Gasteiger partial charge is 0.497 e. The van der Waals surface area contributed by atoms with Crippen LogP contribution in [-0.2, 0) is 7.05 Å². The number of aryl methyl sites for hydroxylation is 1. The minimum absolute atomic E-state index is 0.0399. The third kappa shape index (κ3) is 1.85. The molecule has 0 aliphatic heterocycles. The van der Waals surface area contributed by atoms with Crippen molar-refractivity contribution in [2.45, 2.75) is 0 Å². The highest BCUT2D eigenvalue weighted by molar-refractivity contribution is 5.69. The Hall–Kier alpha value is -3.14. The van der Waals surface area contributed by atoms with Crippen molar-refractivity contribution >= 4 is 5.78 Å². The van der Waals surface area contributed by atoms with Gasteiger partial charge >= 0.3 is 0 Å². The molecule has 0 fully saturated rings. The molecule has 0 amide bonds. The number of hydrogen-bond acceptors (Lipinski definition) is 5. The maximum atomic E-state index is 12.3. The average molecular weight is 281 g/mol. The first kappa shape index (κ1) is 12.9. The Morgan fingerprint density at radius 2 is 2.19 bits per heavy atom. The molecule has 0 unspecified atom stereocenters. The van der Waals surface area contributed by atoms with Crippen LogP contribution in [0.1, 0.15) is 5.56 Å². The number of benzene rings is 1. The van der Waals surface area contributed by atoms with Gasteiger partial charge in [0.2, 0.25) is 5.78 Å². The zero-order valence-corrected chi connectivity index (χ0v) is 11.4. The number of methoxy groups -OCH3 is 1. The van der Waals surface area contributed by atoms with Crippen LogP contribution in [0, 0.1) is 11.3 Å².